The van der Waals surface area contributed by atoms with Gasteiger partial charge < -0.3 is 4.90 Å². The van der Waals surface area contributed by atoms with E-state index in [1.54, 1.807) is 12.4 Å². The highest BCUT2D eigenvalue weighted by atomic mass is 32.2. The lowest BCUT2D eigenvalue weighted by Crippen LogP contribution is -2.46. The lowest BCUT2D eigenvalue weighted by molar-refractivity contribution is -0.137. The monoisotopic (exact) mass is 337 g/mol. The first-order valence-corrected chi connectivity index (χ1v) is 9.97. The lowest BCUT2D eigenvalue weighted by atomic mass is 9.97. The second-order valence-electron chi connectivity index (χ2n) is 6.43. The van der Waals surface area contributed by atoms with Gasteiger partial charge in [0, 0.05) is 32.0 Å². The molecular formula is C16H23N3O3S. The van der Waals surface area contributed by atoms with Crippen LogP contribution in [0.3, 0.4) is 0 Å². The Morgan fingerprint density at radius 1 is 1.17 bits per heavy atom. The normalized spacial score (nSPS) is 26.4. The van der Waals surface area contributed by atoms with E-state index in [1.807, 2.05) is 17.0 Å². The molecule has 2 unspecified atom stereocenters. The minimum atomic E-state index is -3.23. The molecule has 0 saturated carbocycles. The fourth-order valence-corrected chi connectivity index (χ4v) is 4.55. The van der Waals surface area contributed by atoms with Crippen LogP contribution in [0.15, 0.2) is 24.5 Å². The maximum Gasteiger partial charge on any atom is 0.227 e. The van der Waals surface area contributed by atoms with Crippen molar-refractivity contribution in [2.75, 3.05) is 25.9 Å². The summed E-state index contributed by atoms with van der Waals surface area (Å²) in [4.78, 5) is 18.9. The fraction of sp³-hybridized carbons (Fsp3) is 0.625. The van der Waals surface area contributed by atoms with Crippen molar-refractivity contribution < 1.29 is 13.2 Å². The molecule has 0 N–H and O–H groups in total. The SMILES string of the molecule is CS(=O)(=O)N1CCCC(C(=O)N2CCCC2c2ccncc2)C1. The number of carbonyl (C=O) groups excluding carboxylic acids is 1. The molecule has 6 nitrogen and oxygen atoms in total. The minimum Gasteiger partial charge on any atom is -0.335 e. The molecule has 23 heavy (non-hydrogen) atoms. The van der Waals surface area contributed by atoms with Crippen molar-refractivity contribution in [2.24, 2.45) is 5.92 Å². The summed E-state index contributed by atoms with van der Waals surface area (Å²) in [6.07, 6.45) is 8.18. The third kappa shape index (κ3) is 3.55. The smallest absolute Gasteiger partial charge is 0.227 e. The summed E-state index contributed by atoms with van der Waals surface area (Å²) in [5.41, 5.74) is 1.11. The van der Waals surface area contributed by atoms with Crippen LogP contribution in [-0.2, 0) is 14.8 Å². The Balaban J connectivity index is 1.74. The third-order valence-electron chi connectivity index (χ3n) is 4.83. The second-order valence-corrected chi connectivity index (χ2v) is 8.41. The number of hydrogen-bond acceptors (Lipinski definition) is 4. The van der Waals surface area contributed by atoms with Crippen LogP contribution < -0.4 is 0 Å². The molecule has 2 aliphatic heterocycles. The molecule has 126 valence electrons. The number of amides is 1. The molecule has 0 radical (unpaired) electrons. The molecule has 0 bridgehead atoms. The Hall–Kier alpha value is -1.47. The molecule has 7 heteroatoms. The highest BCUT2D eigenvalue weighted by Gasteiger charge is 2.37. The van der Waals surface area contributed by atoms with E-state index < -0.39 is 10.0 Å². The van der Waals surface area contributed by atoms with Gasteiger partial charge in [0.25, 0.3) is 0 Å². The molecule has 0 aromatic carbocycles. The van der Waals surface area contributed by atoms with Crippen molar-refractivity contribution >= 4 is 15.9 Å². The zero-order valence-electron chi connectivity index (χ0n) is 13.4. The van der Waals surface area contributed by atoms with Crippen molar-refractivity contribution in [1.29, 1.82) is 0 Å². The van der Waals surface area contributed by atoms with Crippen LogP contribution in [0.2, 0.25) is 0 Å². The zero-order valence-corrected chi connectivity index (χ0v) is 14.2. The number of pyridine rings is 1. The molecule has 3 heterocycles. The topological polar surface area (TPSA) is 70.6 Å². The van der Waals surface area contributed by atoms with Crippen molar-refractivity contribution in [3.63, 3.8) is 0 Å². The molecule has 1 aromatic heterocycles. The number of carbonyl (C=O) groups is 1. The van der Waals surface area contributed by atoms with Crippen LogP contribution in [0.5, 0.6) is 0 Å². The van der Waals surface area contributed by atoms with E-state index in [0.29, 0.717) is 13.1 Å². The quantitative estimate of drug-likeness (QED) is 0.836. The first kappa shape index (κ1) is 16.4. The van der Waals surface area contributed by atoms with Crippen LogP contribution in [-0.4, -0.2) is 54.4 Å². The van der Waals surface area contributed by atoms with E-state index in [9.17, 15) is 13.2 Å². The number of rotatable bonds is 3. The van der Waals surface area contributed by atoms with Gasteiger partial charge in [-0.05, 0) is 43.4 Å². The Bertz CT molecular complexity index is 662. The van der Waals surface area contributed by atoms with Gasteiger partial charge in [0.1, 0.15) is 0 Å². The average molecular weight is 337 g/mol. The van der Waals surface area contributed by atoms with Gasteiger partial charge in [-0.2, -0.15) is 0 Å². The van der Waals surface area contributed by atoms with Gasteiger partial charge in [0.2, 0.25) is 15.9 Å². The molecular weight excluding hydrogens is 314 g/mol. The Kier molecular flexibility index (Phi) is 4.68. The summed E-state index contributed by atoms with van der Waals surface area (Å²) < 4.78 is 25.0. The van der Waals surface area contributed by atoms with E-state index >= 15 is 0 Å². The van der Waals surface area contributed by atoms with Crippen molar-refractivity contribution in [1.82, 2.24) is 14.2 Å². The van der Waals surface area contributed by atoms with Crippen molar-refractivity contribution in [3.05, 3.63) is 30.1 Å². The third-order valence-corrected chi connectivity index (χ3v) is 6.10. The van der Waals surface area contributed by atoms with E-state index in [4.69, 9.17) is 0 Å². The van der Waals surface area contributed by atoms with E-state index in [1.165, 1.54) is 10.6 Å². The maximum atomic E-state index is 12.9. The number of hydrogen-bond donors (Lipinski definition) is 0. The Morgan fingerprint density at radius 3 is 2.57 bits per heavy atom. The van der Waals surface area contributed by atoms with Gasteiger partial charge in [-0.15, -0.1) is 0 Å². The van der Waals surface area contributed by atoms with Crippen LogP contribution in [0, 0.1) is 5.92 Å². The van der Waals surface area contributed by atoms with E-state index in [-0.39, 0.29) is 17.9 Å². The first-order valence-electron chi connectivity index (χ1n) is 8.12. The van der Waals surface area contributed by atoms with Crippen LogP contribution >= 0.6 is 0 Å². The van der Waals surface area contributed by atoms with E-state index in [2.05, 4.69) is 4.98 Å². The molecule has 2 atom stereocenters. The second kappa shape index (κ2) is 6.57. The van der Waals surface area contributed by atoms with Gasteiger partial charge in [0.05, 0.1) is 18.2 Å². The van der Waals surface area contributed by atoms with Gasteiger partial charge >= 0.3 is 0 Å². The molecule has 2 fully saturated rings. The van der Waals surface area contributed by atoms with Gasteiger partial charge in [-0.1, -0.05) is 0 Å². The van der Waals surface area contributed by atoms with Crippen LogP contribution in [0.1, 0.15) is 37.3 Å². The molecule has 2 saturated heterocycles. The van der Waals surface area contributed by atoms with Gasteiger partial charge in [0.15, 0.2) is 0 Å². The van der Waals surface area contributed by atoms with Gasteiger partial charge in [-0.3, -0.25) is 9.78 Å². The molecule has 1 amide bonds. The fourth-order valence-electron chi connectivity index (χ4n) is 3.64. The average Bonchev–Trinajstić information content (AvgIpc) is 3.04. The standard InChI is InChI=1S/C16H23N3O3S/c1-23(21,22)18-10-2-4-14(12-18)16(20)19-11-3-5-15(19)13-6-8-17-9-7-13/h6-9,14-15H,2-5,10-12H2,1H3. The van der Waals surface area contributed by atoms with Crippen molar-refractivity contribution in [3.8, 4) is 0 Å². The zero-order chi connectivity index (χ0) is 16.4. The van der Waals surface area contributed by atoms with Gasteiger partial charge in [-0.25, -0.2) is 12.7 Å². The predicted molar refractivity (Wildman–Crippen MR) is 87.1 cm³/mol. The number of aromatic nitrogens is 1. The lowest BCUT2D eigenvalue weighted by Gasteiger charge is -2.34. The summed E-state index contributed by atoms with van der Waals surface area (Å²) in [6, 6.07) is 4.01. The molecule has 1 aromatic rings. The van der Waals surface area contributed by atoms with E-state index in [0.717, 1.165) is 37.8 Å². The summed E-state index contributed by atoms with van der Waals surface area (Å²) in [6.45, 7) is 1.59. The van der Waals surface area contributed by atoms with Crippen molar-refractivity contribution in [2.45, 2.75) is 31.7 Å². The highest BCUT2D eigenvalue weighted by molar-refractivity contribution is 7.88. The number of nitrogens with zero attached hydrogens (tertiary/aromatic N) is 3. The summed E-state index contributed by atoms with van der Waals surface area (Å²) in [5.74, 6) is -0.126. The highest BCUT2D eigenvalue weighted by Crippen LogP contribution is 2.34. The largest absolute Gasteiger partial charge is 0.335 e. The molecule has 0 spiro atoms. The molecule has 3 rings (SSSR count). The number of sulfonamides is 1. The summed E-state index contributed by atoms with van der Waals surface area (Å²) in [5, 5.41) is 0. The van der Waals surface area contributed by atoms with Crippen LogP contribution in [0.25, 0.3) is 0 Å². The Labute approximate surface area is 137 Å². The van der Waals surface area contributed by atoms with Crippen LogP contribution in [0.4, 0.5) is 0 Å². The summed E-state index contributed by atoms with van der Waals surface area (Å²) in [7, 11) is -3.23. The number of piperidine rings is 1. The Morgan fingerprint density at radius 2 is 1.87 bits per heavy atom. The first-order chi connectivity index (χ1) is 11.0. The summed E-state index contributed by atoms with van der Waals surface area (Å²) >= 11 is 0. The number of likely N-dealkylation sites (tertiary alicyclic amines) is 1. The molecule has 2 aliphatic rings. The molecule has 0 aliphatic carbocycles. The maximum absolute atomic E-state index is 12.9. The predicted octanol–water partition coefficient (Wildman–Crippen LogP) is 1.42. The minimum absolute atomic E-state index is 0.0951.